The average Bonchev–Trinajstić information content (AvgIpc) is 3.00. The van der Waals surface area contributed by atoms with Crippen molar-refractivity contribution in [3.63, 3.8) is 0 Å². The van der Waals surface area contributed by atoms with Gasteiger partial charge in [-0.1, -0.05) is 12.1 Å². The van der Waals surface area contributed by atoms with E-state index in [0.717, 1.165) is 11.5 Å². The van der Waals surface area contributed by atoms with Gasteiger partial charge in [0, 0.05) is 37.1 Å². The lowest BCUT2D eigenvalue weighted by Gasteiger charge is -2.38. The first-order valence-corrected chi connectivity index (χ1v) is 9.94. The molecule has 140 valence electrons. The van der Waals surface area contributed by atoms with Crippen molar-refractivity contribution in [3.8, 4) is 0 Å². The fourth-order valence-corrected chi connectivity index (χ4v) is 4.71. The minimum Gasteiger partial charge on any atom is -0.353 e. The van der Waals surface area contributed by atoms with Crippen LogP contribution in [0.25, 0.3) is 0 Å². The van der Waals surface area contributed by atoms with Gasteiger partial charge in [-0.2, -0.15) is 5.10 Å². The van der Waals surface area contributed by atoms with Crippen molar-refractivity contribution in [2.45, 2.75) is 43.7 Å². The lowest BCUT2D eigenvalue weighted by Crippen LogP contribution is -2.52. The van der Waals surface area contributed by atoms with E-state index in [9.17, 15) is 4.79 Å². The molecule has 0 spiro atoms. The molecule has 0 radical (unpaired) electrons. The fourth-order valence-electron chi connectivity index (χ4n) is 4.71. The van der Waals surface area contributed by atoms with Crippen LogP contribution in [0.15, 0.2) is 42.6 Å². The highest BCUT2D eigenvalue weighted by molar-refractivity contribution is 5.94. The number of hydrogen-bond acceptors (Lipinski definition) is 5. The maximum absolute atomic E-state index is 12.5. The smallest absolute Gasteiger partial charge is 0.231 e. The molecule has 3 saturated heterocycles. The predicted molar refractivity (Wildman–Crippen MR) is 105 cm³/mol. The van der Waals surface area contributed by atoms with Gasteiger partial charge in [-0.05, 0) is 61.4 Å². The van der Waals surface area contributed by atoms with Gasteiger partial charge in [-0.25, -0.2) is 0 Å². The molecular formula is C21H25N5O. The highest BCUT2D eigenvalue weighted by Crippen LogP contribution is 2.37. The summed E-state index contributed by atoms with van der Waals surface area (Å²) in [7, 11) is 0. The first-order chi connectivity index (χ1) is 13.2. The number of piperidine rings is 1. The number of aromatic nitrogens is 2. The molecule has 6 heteroatoms. The van der Waals surface area contributed by atoms with Gasteiger partial charge in [0.1, 0.15) is 0 Å². The molecule has 2 atom stereocenters. The molecule has 3 aliphatic heterocycles. The van der Waals surface area contributed by atoms with Crippen molar-refractivity contribution in [2.24, 2.45) is 5.92 Å². The SMILES string of the molecule is O=C(Nc1ccc(C2CC3CCC(C2)N3)cc1)C1CN(c2cccnn2)C1. The number of hydrogen-bond donors (Lipinski definition) is 2. The highest BCUT2D eigenvalue weighted by atomic mass is 16.2. The van der Waals surface area contributed by atoms with Gasteiger partial charge in [0.2, 0.25) is 5.91 Å². The van der Waals surface area contributed by atoms with E-state index in [2.05, 4.69) is 50.0 Å². The predicted octanol–water partition coefficient (Wildman–Crippen LogP) is 2.55. The first kappa shape index (κ1) is 16.7. The zero-order chi connectivity index (χ0) is 18.2. The van der Waals surface area contributed by atoms with Gasteiger partial charge in [0.05, 0.1) is 5.92 Å². The van der Waals surface area contributed by atoms with E-state index in [4.69, 9.17) is 0 Å². The largest absolute Gasteiger partial charge is 0.353 e. The standard InChI is InChI=1S/C21H25N5O/c27-21(16-12-26(13-16)20-2-1-9-22-25-20)24-17-5-3-14(4-6-17)15-10-18-7-8-19(11-15)23-18/h1-6,9,15-16,18-19,23H,7-8,10-13H2,(H,24,27). The maximum atomic E-state index is 12.5. The third kappa shape index (κ3) is 3.41. The Bertz CT molecular complexity index is 791. The summed E-state index contributed by atoms with van der Waals surface area (Å²) in [6.07, 6.45) is 6.78. The quantitative estimate of drug-likeness (QED) is 0.874. The number of carbonyl (C=O) groups is 1. The molecular weight excluding hydrogens is 338 g/mol. The summed E-state index contributed by atoms with van der Waals surface area (Å²) in [4.78, 5) is 14.5. The van der Waals surface area contributed by atoms with Gasteiger partial charge in [-0.15, -0.1) is 5.10 Å². The Morgan fingerprint density at radius 3 is 2.48 bits per heavy atom. The molecule has 27 heavy (non-hydrogen) atoms. The number of anilines is 2. The summed E-state index contributed by atoms with van der Waals surface area (Å²) in [6, 6.07) is 13.7. The number of carbonyl (C=O) groups excluding carboxylic acids is 1. The molecule has 1 amide bonds. The van der Waals surface area contributed by atoms with E-state index in [1.54, 1.807) is 6.20 Å². The van der Waals surface area contributed by atoms with E-state index in [1.165, 1.54) is 31.2 Å². The number of fused-ring (bicyclic) bond motifs is 2. The molecule has 1 aromatic carbocycles. The molecule has 1 aromatic heterocycles. The van der Waals surface area contributed by atoms with Crippen LogP contribution in [0.4, 0.5) is 11.5 Å². The molecule has 0 aliphatic carbocycles. The van der Waals surface area contributed by atoms with Crippen LogP contribution in [0.3, 0.4) is 0 Å². The second-order valence-corrected chi connectivity index (χ2v) is 8.10. The monoisotopic (exact) mass is 363 g/mol. The second-order valence-electron chi connectivity index (χ2n) is 8.10. The van der Waals surface area contributed by atoms with Crippen molar-refractivity contribution >= 4 is 17.4 Å². The third-order valence-corrected chi connectivity index (χ3v) is 6.26. The lowest BCUT2D eigenvalue weighted by molar-refractivity contribution is -0.120. The van der Waals surface area contributed by atoms with Gasteiger partial charge in [0.25, 0.3) is 0 Å². The van der Waals surface area contributed by atoms with Gasteiger partial charge in [0.15, 0.2) is 5.82 Å². The second kappa shape index (κ2) is 6.93. The van der Waals surface area contributed by atoms with Gasteiger partial charge < -0.3 is 15.5 Å². The summed E-state index contributed by atoms with van der Waals surface area (Å²) in [5.74, 6) is 1.58. The molecule has 2 unspecified atom stereocenters. The van der Waals surface area contributed by atoms with Crippen molar-refractivity contribution in [1.82, 2.24) is 15.5 Å². The molecule has 3 aliphatic rings. The number of benzene rings is 1. The molecule has 3 fully saturated rings. The Balaban J connectivity index is 1.15. The number of rotatable bonds is 4. The zero-order valence-corrected chi connectivity index (χ0v) is 15.3. The van der Waals surface area contributed by atoms with Gasteiger partial charge in [-0.3, -0.25) is 4.79 Å². The minimum atomic E-state index is 0.00623. The summed E-state index contributed by atoms with van der Waals surface area (Å²) < 4.78 is 0. The fraction of sp³-hybridized carbons (Fsp3) is 0.476. The van der Waals surface area contributed by atoms with E-state index >= 15 is 0 Å². The first-order valence-electron chi connectivity index (χ1n) is 9.94. The summed E-state index contributed by atoms with van der Waals surface area (Å²) in [5, 5.41) is 14.7. The van der Waals surface area contributed by atoms with Crippen molar-refractivity contribution in [2.75, 3.05) is 23.3 Å². The Labute approximate surface area is 159 Å². The summed E-state index contributed by atoms with van der Waals surface area (Å²) in [5.41, 5.74) is 2.29. The van der Waals surface area contributed by atoms with Gasteiger partial charge >= 0.3 is 0 Å². The van der Waals surface area contributed by atoms with E-state index in [-0.39, 0.29) is 11.8 Å². The average molecular weight is 363 g/mol. The maximum Gasteiger partial charge on any atom is 0.231 e. The van der Waals surface area contributed by atoms with Crippen molar-refractivity contribution in [1.29, 1.82) is 0 Å². The molecule has 6 nitrogen and oxygen atoms in total. The molecule has 2 bridgehead atoms. The van der Waals surface area contributed by atoms with Crippen LogP contribution in [0.1, 0.15) is 37.2 Å². The topological polar surface area (TPSA) is 70.2 Å². The summed E-state index contributed by atoms with van der Waals surface area (Å²) >= 11 is 0. The minimum absolute atomic E-state index is 0.00623. The Hall–Kier alpha value is -2.47. The third-order valence-electron chi connectivity index (χ3n) is 6.26. The lowest BCUT2D eigenvalue weighted by atomic mass is 9.86. The van der Waals surface area contributed by atoms with Crippen LogP contribution >= 0.6 is 0 Å². The number of amides is 1. The van der Waals surface area contributed by atoms with E-state index < -0.39 is 0 Å². The molecule has 5 rings (SSSR count). The van der Waals surface area contributed by atoms with Crippen LogP contribution in [-0.2, 0) is 4.79 Å². The van der Waals surface area contributed by atoms with Crippen LogP contribution in [0, 0.1) is 5.92 Å². The molecule has 2 N–H and O–H groups in total. The molecule has 0 saturated carbocycles. The Morgan fingerprint density at radius 2 is 1.81 bits per heavy atom. The number of nitrogens with zero attached hydrogens (tertiary/aromatic N) is 3. The van der Waals surface area contributed by atoms with Crippen LogP contribution < -0.4 is 15.5 Å². The normalized spacial score (nSPS) is 27.3. The van der Waals surface area contributed by atoms with Crippen LogP contribution in [-0.4, -0.2) is 41.3 Å². The number of nitrogens with one attached hydrogen (secondary N) is 2. The van der Waals surface area contributed by atoms with E-state index in [1.807, 2.05) is 12.1 Å². The molecule has 4 heterocycles. The van der Waals surface area contributed by atoms with Crippen molar-refractivity contribution in [3.05, 3.63) is 48.2 Å². The van der Waals surface area contributed by atoms with E-state index in [0.29, 0.717) is 31.1 Å². The van der Waals surface area contributed by atoms with Crippen molar-refractivity contribution < 1.29 is 4.79 Å². The molecule has 2 aromatic rings. The summed E-state index contributed by atoms with van der Waals surface area (Å²) in [6.45, 7) is 1.39. The van der Waals surface area contributed by atoms with Crippen LogP contribution in [0.5, 0.6) is 0 Å². The Morgan fingerprint density at radius 1 is 1.07 bits per heavy atom. The Kier molecular flexibility index (Phi) is 4.28. The zero-order valence-electron chi connectivity index (χ0n) is 15.3. The highest BCUT2D eigenvalue weighted by Gasteiger charge is 2.35. The van der Waals surface area contributed by atoms with Crippen LogP contribution in [0.2, 0.25) is 0 Å².